The van der Waals surface area contributed by atoms with Crippen molar-refractivity contribution in [3.8, 4) is 0 Å². The molecular weight excluding hydrogens is 286 g/mol. The van der Waals surface area contributed by atoms with Crippen molar-refractivity contribution in [3.05, 3.63) is 47.8 Å². The Kier molecular flexibility index (Phi) is 3.65. The van der Waals surface area contributed by atoms with Gasteiger partial charge in [0.15, 0.2) is 0 Å². The first-order valence-corrected chi connectivity index (χ1v) is 8.37. The van der Waals surface area contributed by atoms with E-state index in [2.05, 4.69) is 52.8 Å². The summed E-state index contributed by atoms with van der Waals surface area (Å²) in [6, 6.07) is 8.29. The van der Waals surface area contributed by atoms with Gasteiger partial charge in [0.05, 0.1) is 23.3 Å². The van der Waals surface area contributed by atoms with Gasteiger partial charge in [0, 0.05) is 32.3 Å². The minimum absolute atomic E-state index is 0.507. The number of nitrogens with one attached hydrogen (secondary N) is 1. The fourth-order valence-electron chi connectivity index (χ4n) is 3.61. The third-order valence-corrected chi connectivity index (χ3v) is 4.80. The molecule has 0 bridgehead atoms. The molecule has 1 aliphatic rings. The van der Waals surface area contributed by atoms with Crippen molar-refractivity contribution in [2.75, 3.05) is 6.54 Å². The van der Waals surface area contributed by atoms with Gasteiger partial charge in [0.1, 0.15) is 11.6 Å². The van der Waals surface area contributed by atoms with Gasteiger partial charge in [-0.25, -0.2) is 9.97 Å². The number of nitrogens with zero attached hydrogens (tertiary/aromatic N) is 4. The highest BCUT2D eigenvalue weighted by Crippen LogP contribution is 2.26. The van der Waals surface area contributed by atoms with Crippen LogP contribution in [0.4, 0.5) is 0 Å². The smallest absolute Gasteiger partial charge is 0.123 e. The van der Waals surface area contributed by atoms with Crippen molar-refractivity contribution in [2.45, 2.75) is 38.8 Å². The predicted molar refractivity (Wildman–Crippen MR) is 91.4 cm³/mol. The molecule has 0 saturated carbocycles. The molecule has 0 radical (unpaired) electrons. The molecule has 0 fully saturated rings. The van der Waals surface area contributed by atoms with Crippen LogP contribution in [0.2, 0.25) is 0 Å². The monoisotopic (exact) mass is 309 g/mol. The van der Waals surface area contributed by atoms with Gasteiger partial charge in [-0.1, -0.05) is 12.1 Å². The summed E-state index contributed by atoms with van der Waals surface area (Å²) in [5.74, 6) is 2.83. The molecule has 1 atom stereocenters. The van der Waals surface area contributed by atoms with E-state index in [1.165, 1.54) is 24.2 Å². The number of aryl methyl sites for hydroxylation is 3. The highest BCUT2D eigenvalue weighted by Gasteiger charge is 2.22. The third-order valence-electron chi connectivity index (χ3n) is 4.80. The SMILES string of the molecule is Cc1cn2c(n1)[C@H](CNCc1nc3ccccc3n1C)CCC2. The summed E-state index contributed by atoms with van der Waals surface area (Å²) in [5, 5.41) is 3.59. The number of fused-ring (bicyclic) bond motifs is 2. The second kappa shape index (κ2) is 5.81. The molecule has 0 saturated heterocycles. The van der Waals surface area contributed by atoms with Crippen LogP contribution in [-0.2, 0) is 20.1 Å². The Morgan fingerprint density at radius 1 is 1.26 bits per heavy atom. The zero-order chi connectivity index (χ0) is 15.8. The van der Waals surface area contributed by atoms with Crippen molar-refractivity contribution in [2.24, 2.45) is 7.05 Å². The maximum atomic E-state index is 4.72. The van der Waals surface area contributed by atoms with E-state index in [0.717, 1.165) is 36.7 Å². The van der Waals surface area contributed by atoms with Crippen molar-refractivity contribution in [3.63, 3.8) is 0 Å². The number of hydrogen-bond acceptors (Lipinski definition) is 3. The number of imidazole rings is 2. The molecule has 4 rings (SSSR count). The summed E-state index contributed by atoms with van der Waals surface area (Å²) < 4.78 is 4.49. The van der Waals surface area contributed by atoms with Gasteiger partial charge < -0.3 is 14.5 Å². The minimum Gasteiger partial charge on any atom is -0.334 e. The lowest BCUT2D eigenvalue weighted by molar-refractivity contribution is 0.420. The van der Waals surface area contributed by atoms with Gasteiger partial charge in [0.2, 0.25) is 0 Å². The molecule has 23 heavy (non-hydrogen) atoms. The summed E-state index contributed by atoms with van der Waals surface area (Å²) >= 11 is 0. The largest absolute Gasteiger partial charge is 0.334 e. The van der Waals surface area contributed by atoms with Gasteiger partial charge >= 0.3 is 0 Å². The van der Waals surface area contributed by atoms with Crippen LogP contribution in [0.5, 0.6) is 0 Å². The van der Waals surface area contributed by atoms with Crippen molar-refractivity contribution in [1.82, 2.24) is 24.4 Å². The zero-order valence-electron chi connectivity index (χ0n) is 13.8. The van der Waals surface area contributed by atoms with E-state index >= 15 is 0 Å². The normalized spacial score (nSPS) is 17.6. The van der Waals surface area contributed by atoms with Crippen molar-refractivity contribution >= 4 is 11.0 Å². The quantitative estimate of drug-likeness (QED) is 0.806. The van der Waals surface area contributed by atoms with Crippen LogP contribution in [0, 0.1) is 6.92 Å². The Labute approximate surface area is 136 Å². The Bertz CT molecular complexity index is 829. The molecular formula is C18H23N5. The van der Waals surface area contributed by atoms with Crippen LogP contribution in [0.3, 0.4) is 0 Å². The van der Waals surface area contributed by atoms with Crippen LogP contribution < -0.4 is 5.32 Å². The minimum atomic E-state index is 0.507. The van der Waals surface area contributed by atoms with Gasteiger partial charge in [0.25, 0.3) is 0 Å². The molecule has 3 aromatic rings. The van der Waals surface area contributed by atoms with E-state index in [1.807, 2.05) is 6.07 Å². The number of rotatable bonds is 4. The lowest BCUT2D eigenvalue weighted by Gasteiger charge is -2.23. The lowest BCUT2D eigenvalue weighted by Crippen LogP contribution is -2.27. The maximum absolute atomic E-state index is 4.72. The fourth-order valence-corrected chi connectivity index (χ4v) is 3.61. The molecule has 1 aromatic carbocycles. The fraction of sp³-hybridized carbons (Fsp3) is 0.444. The molecule has 1 N–H and O–H groups in total. The van der Waals surface area contributed by atoms with Gasteiger partial charge in [-0.2, -0.15) is 0 Å². The summed E-state index contributed by atoms with van der Waals surface area (Å²) in [7, 11) is 2.09. The highest BCUT2D eigenvalue weighted by molar-refractivity contribution is 5.75. The molecule has 1 aliphatic heterocycles. The van der Waals surface area contributed by atoms with Gasteiger partial charge in [-0.15, -0.1) is 0 Å². The van der Waals surface area contributed by atoms with E-state index in [1.54, 1.807) is 0 Å². The maximum Gasteiger partial charge on any atom is 0.123 e. The number of hydrogen-bond donors (Lipinski definition) is 1. The predicted octanol–water partition coefficient (Wildman–Crippen LogP) is 2.75. The van der Waals surface area contributed by atoms with E-state index < -0.39 is 0 Å². The second-order valence-electron chi connectivity index (χ2n) is 6.48. The topological polar surface area (TPSA) is 47.7 Å². The summed E-state index contributed by atoms with van der Waals surface area (Å²) in [5.41, 5.74) is 3.38. The van der Waals surface area contributed by atoms with E-state index in [4.69, 9.17) is 9.97 Å². The third kappa shape index (κ3) is 2.65. The van der Waals surface area contributed by atoms with Crippen LogP contribution in [0.25, 0.3) is 11.0 Å². The first-order valence-electron chi connectivity index (χ1n) is 8.37. The van der Waals surface area contributed by atoms with Crippen LogP contribution in [-0.4, -0.2) is 25.6 Å². The van der Waals surface area contributed by atoms with Crippen LogP contribution >= 0.6 is 0 Å². The average Bonchev–Trinajstić information content (AvgIpc) is 3.08. The summed E-state index contributed by atoms with van der Waals surface area (Å²) in [6.45, 7) is 4.94. The Hall–Kier alpha value is -2.14. The Balaban J connectivity index is 1.45. The molecule has 5 nitrogen and oxygen atoms in total. The molecule has 2 aromatic heterocycles. The van der Waals surface area contributed by atoms with E-state index in [-0.39, 0.29) is 0 Å². The van der Waals surface area contributed by atoms with E-state index in [9.17, 15) is 0 Å². The first kappa shape index (κ1) is 14.5. The summed E-state index contributed by atoms with van der Waals surface area (Å²) in [4.78, 5) is 9.44. The van der Waals surface area contributed by atoms with Crippen LogP contribution in [0.1, 0.15) is 36.1 Å². The van der Waals surface area contributed by atoms with Gasteiger partial charge in [-0.3, -0.25) is 0 Å². The first-order chi connectivity index (χ1) is 11.2. The molecule has 5 heteroatoms. The molecule has 3 heterocycles. The number of para-hydroxylation sites is 2. The Morgan fingerprint density at radius 2 is 2.13 bits per heavy atom. The van der Waals surface area contributed by atoms with E-state index in [0.29, 0.717) is 5.92 Å². The van der Waals surface area contributed by atoms with Crippen molar-refractivity contribution in [1.29, 1.82) is 0 Å². The van der Waals surface area contributed by atoms with Gasteiger partial charge in [-0.05, 0) is 31.9 Å². The zero-order valence-corrected chi connectivity index (χ0v) is 13.8. The highest BCUT2D eigenvalue weighted by atomic mass is 15.1. The molecule has 0 amide bonds. The number of benzene rings is 1. The molecule has 0 unspecified atom stereocenters. The lowest BCUT2D eigenvalue weighted by atomic mass is 9.99. The summed E-state index contributed by atoms with van der Waals surface area (Å²) in [6.07, 6.45) is 4.63. The Morgan fingerprint density at radius 3 is 3.00 bits per heavy atom. The van der Waals surface area contributed by atoms with Crippen molar-refractivity contribution < 1.29 is 0 Å². The van der Waals surface area contributed by atoms with Crippen LogP contribution in [0.15, 0.2) is 30.5 Å². The standard InChI is InChI=1S/C18H23N5/c1-13-12-23-9-5-6-14(18(23)20-13)10-19-11-17-21-15-7-3-4-8-16(15)22(17)2/h3-4,7-8,12,14,19H,5-6,9-11H2,1-2H3/t14-/m0/s1. The molecule has 0 spiro atoms. The molecule has 120 valence electrons. The molecule has 0 aliphatic carbocycles. The average molecular weight is 309 g/mol. The second-order valence-corrected chi connectivity index (χ2v) is 6.48. The number of aromatic nitrogens is 4.